The second kappa shape index (κ2) is 7.35. The van der Waals surface area contributed by atoms with E-state index in [9.17, 15) is 9.59 Å². The summed E-state index contributed by atoms with van der Waals surface area (Å²) in [5, 5.41) is 4.00. The number of nitrogens with one attached hydrogen (secondary N) is 1. The van der Waals surface area contributed by atoms with Crippen LogP contribution in [-0.2, 0) is 10.3 Å². The smallest absolute Gasteiger partial charge is 0.325 e. The Morgan fingerprint density at radius 2 is 1.65 bits per heavy atom. The molecule has 136 valence electrons. The first-order valence-corrected chi connectivity index (χ1v) is 8.93. The molecule has 8 heteroatoms. The number of carbonyl (C=O) groups is 2. The highest BCUT2D eigenvalue weighted by atomic mass is 35.5. The van der Waals surface area contributed by atoms with Gasteiger partial charge in [0.15, 0.2) is 5.75 Å². The molecule has 26 heavy (non-hydrogen) atoms. The molecule has 0 radical (unpaired) electrons. The Kier molecular flexibility index (Phi) is 5.32. The van der Waals surface area contributed by atoms with Crippen LogP contribution in [0.4, 0.5) is 4.79 Å². The summed E-state index contributed by atoms with van der Waals surface area (Å²) < 4.78 is 5.56. The standard InChI is InChI=1S/C18H15Cl3N2O3/c1-18(11-5-7-12(19)8-6-11)16(24)23(17(25)22-18)9-10-26-15-13(20)3-2-4-14(15)21/h2-8H,9-10H2,1H3,(H,22,25). The molecule has 1 atom stereocenters. The molecular weight excluding hydrogens is 399 g/mol. The topological polar surface area (TPSA) is 58.6 Å². The maximum absolute atomic E-state index is 12.8. The lowest BCUT2D eigenvalue weighted by atomic mass is 9.92. The van der Waals surface area contributed by atoms with Crippen molar-refractivity contribution in [3.8, 4) is 5.75 Å². The number of imide groups is 1. The number of amides is 3. The first kappa shape index (κ1) is 18.8. The SMILES string of the molecule is CC1(c2ccc(Cl)cc2)NC(=O)N(CCOc2c(Cl)cccc2Cl)C1=O. The number of ether oxygens (including phenoxy) is 1. The third-order valence-electron chi connectivity index (χ3n) is 4.18. The average Bonchev–Trinajstić information content (AvgIpc) is 2.81. The molecule has 0 bridgehead atoms. The minimum Gasteiger partial charge on any atom is -0.489 e. The van der Waals surface area contributed by atoms with Gasteiger partial charge in [-0.05, 0) is 36.8 Å². The van der Waals surface area contributed by atoms with Gasteiger partial charge in [0, 0.05) is 5.02 Å². The molecule has 0 spiro atoms. The molecule has 1 heterocycles. The second-order valence-electron chi connectivity index (χ2n) is 5.92. The highest BCUT2D eigenvalue weighted by Gasteiger charge is 2.48. The molecule has 1 aliphatic rings. The van der Waals surface area contributed by atoms with Gasteiger partial charge in [-0.15, -0.1) is 0 Å². The van der Waals surface area contributed by atoms with Crippen molar-refractivity contribution in [3.05, 3.63) is 63.1 Å². The highest BCUT2D eigenvalue weighted by Crippen LogP contribution is 2.33. The fourth-order valence-electron chi connectivity index (χ4n) is 2.74. The predicted molar refractivity (Wildman–Crippen MR) is 101 cm³/mol. The lowest BCUT2D eigenvalue weighted by Crippen LogP contribution is -2.41. The quantitative estimate of drug-likeness (QED) is 0.735. The van der Waals surface area contributed by atoms with E-state index >= 15 is 0 Å². The molecule has 1 fully saturated rings. The van der Waals surface area contributed by atoms with Gasteiger partial charge in [0.1, 0.15) is 12.1 Å². The summed E-state index contributed by atoms with van der Waals surface area (Å²) >= 11 is 18.0. The minimum atomic E-state index is -1.15. The van der Waals surface area contributed by atoms with E-state index in [0.717, 1.165) is 4.90 Å². The summed E-state index contributed by atoms with van der Waals surface area (Å²) in [6.07, 6.45) is 0. The van der Waals surface area contributed by atoms with Crippen molar-refractivity contribution in [2.24, 2.45) is 0 Å². The van der Waals surface area contributed by atoms with E-state index in [4.69, 9.17) is 39.5 Å². The third-order valence-corrected chi connectivity index (χ3v) is 5.02. The second-order valence-corrected chi connectivity index (χ2v) is 7.17. The van der Waals surface area contributed by atoms with E-state index < -0.39 is 11.6 Å². The summed E-state index contributed by atoms with van der Waals surface area (Å²) in [4.78, 5) is 26.2. The van der Waals surface area contributed by atoms with E-state index in [1.807, 2.05) is 0 Å². The Bertz CT molecular complexity index is 837. The largest absolute Gasteiger partial charge is 0.489 e. The predicted octanol–water partition coefficient (Wildman–Crippen LogP) is 4.49. The van der Waals surface area contributed by atoms with Gasteiger partial charge in [-0.2, -0.15) is 0 Å². The Labute approximate surface area is 165 Å². The number of urea groups is 1. The zero-order valence-electron chi connectivity index (χ0n) is 13.8. The maximum atomic E-state index is 12.8. The highest BCUT2D eigenvalue weighted by molar-refractivity contribution is 6.37. The summed E-state index contributed by atoms with van der Waals surface area (Å²) in [5.41, 5.74) is -0.498. The number of nitrogens with zero attached hydrogens (tertiary/aromatic N) is 1. The molecule has 3 rings (SSSR count). The summed E-state index contributed by atoms with van der Waals surface area (Å²) in [7, 11) is 0. The monoisotopic (exact) mass is 412 g/mol. The zero-order chi connectivity index (χ0) is 18.9. The van der Waals surface area contributed by atoms with Gasteiger partial charge in [-0.25, -0.2) is 4.79 Å². The normalized spacial score (nSPS) is 19.6. The van der Waals surface area contributed by atoms with Crippen LogP contribution in [0.15, 0.2) is 42.5 Å². The van der Waals surface area contributed by atoms with Gasteiger partial charge < -0.3 is 10.1 Å². The molecule has 1 saturated heterocycles. The van der Waals surface area contributed by atoms with Crippen LogP contribution in [0.2, 0.25) is 15.1 Å². The molecule has 1 N–H and O–H groups in total. The van der Waals surface area contributed by atoms with Crippen LogP contribution in [0.25, 0.3) is 0 Å². The van der Waals surface area contributed by atoms with Crippen LogP contribution in [0, 0.1) is 0 Å². The number of hydrogen-bond donors (Lipinski definition) is 1. The number of rotatable bonds is 5. The third kappa shape index (κ3) is 3.47. The number of carbonyl (C=O) groups excluding carboxylic acids is 2. The molecule has 0 aliphatic carbocycles. The fraction of sp³-hybridized carbons (Fsp3) is 0.222. The van der Waals surface area contributed by atoms with Gasteiger partial charge in [-0.3, -0.25) is 9.69 Å². The molecular formula is C18H15Cl3N2O3. The van der Waals surface area contributed by atoms with Crippen LogP contribution < -0.4 is 10.1 Å². The molecule has 1 unspecified atom stereocenters. The van der Waals surface area contributed by atoms with Crippen molar-refractivity contribution in [2.45, 2.75) is 12.5 Å². The van der Waals surface area contributed by atoms with Crippen molar-refractivity contribution in [3.63, 3.8) is 0 Å². The van der Waals surface area contributed by atoms with Crippen LogP contribution >= 0.6 is 34.8 Å². The van der Waals surface area contributed by atoms with Crippen LogP contribution in [0.3, 0.4) is 0 Å². The summed E-state index contributed by atoms with van der Waals surface area (Å²) in [5.74, 6) is -0.0398. The van der Waals surface area contributed by atoms with Gasteiger partial charge >= 0.3 is 6.03 Å². The maximum Gasteiger partial charge on any atom is 0.325 e. The van der Waals surface area contributed by atoms with Crippen molar-refractivity contribution in [1.29, 1.82) is 0 Å². The molecule has 2 aromatic rings. The van der Waals surface area contributed by atoms with Gasteiger partial charge in [0.25, 0.3) is 5.91 Å². The molecule has 3 amide bonds. The van der Waals surface area contributed by atoms with E-state index in [0.29, 0.717) is 26.4 Å². The minimum absolute atomic E-state index is 0.0649. The average molecular weight is 414 g/mol. The number of para-hydroxylation sites is 1. The van der Waals surface area contributed by atoms with Crippen molar-refractivity contribution >= 4 is 46.7 Å². The lowest BCUT2D eigenvalue weighted by molar-refractivity contribution is -0.131. The zero-order valence-corrected chi connectivity index (χ0v) is 16.0. The van der Waals surface area contributed by atoms with Crippen LogP contribution in [0.1, 0.15) is 12.5 Å². The van der Waals surface area contributed by atoms with E-state index in [1.165, 1.54) is 0 Å². The number of halogens is 3. The molecule has 5 nitrogen and oxygen atoms in total. The van der Waals surface area contributed by atoms with Gasteiger partial charge in [-0.1, -0.05) is 53.0 Å². The van der Waals surface area contributed by atoms with Crippen molar-refractivity contribution in [2.75, 3.05) is 13.2 Å². The number of hydrogen-bond acceptors (Lipinski definition) is 3. The Morgan fingerprint density at radius 1 is 1.04 bits per heavy atom. The first-order chi connectivity index (χ1) is 12.3. The molecule has 0 saturated carbocycles. The Morgan fingerprint density at radius 3 is 2.27 bits per heavy atom. The van der Waals surface area contributed by atoms with Crippen molar-refractivity contribution in [1.82, 2.24) is 10.2 Å². The molecule has 0 aromatic heterocycles. The lowest BCUT2D eigenvalue weighted by Gasteiger charge is -2.22. The Hall–Kier alpha value is -1.95. The van der Waals surface area contributed by atoms with E-state index in [-0.39, 0.29) is 19.1 Å². The van der Waals surface area contributed by atoms with Gasteiger partial charge in [0.05, 0.1) is 16.6 Å². The molecule has 1 aliphatic heterocycles. The van der Waals surface area contributed by atoms with E-state index in [2.05, 4.69) is 5.32 Å². The van der Waals surface area contributed by atoms with Gasteiger partial charge in [0.2, 0.25) is 0 Å². The number of benzene rings is 2. The Balaban J connectivity index is 1.70. The fourth-order valence-corrected chi connectivity index (χ4v) is 3.37. The summed E-state index contributed by atoms with van der Waals surface area (Å²) in [6.45, 7) is 1.79. The van der Waals surface area contributed by atoms with E-state index in [1.54, 1.807) is 49.4 Å². The van der Waals surface area contributed by atoms with Crippen molar-refractivity contribution < 1.29 is 14.3 Å². The summed E-state index contributed by atoms with van der Waals surface area (Å²) in [6, 6.07) is 11.3. The van der Waals surface area contributed by atoms with Crippen LogP contribution in [-0.4, -0.2) is 30.0 Å². The molecule has 2 aromatic carbocycles. The van der Waals surface area contributed by atoms with Crippen LogP contribution in [0.5, 0.6) is 5.75 Å². The first-order valence-electron chi connectivity index (χ1n) is 7.80.